The monoisotopic (exact) mass is 211 g/mol. The number of nitrogens with one attached hydrogen (secondary N) is 1. The summed E-state index contributed by atoms with van der Waals surface area (Å²) in [4.78, 5) is 0. The van der Waals surface area contributed by atoms with Gasteiger partial charge in [0.2, 0.25) is 0 Å². The molecule has 0 aliphatic rings. The molecule has 1 atom stereocenters. The van der Waals surface area contributed by atoms with Crippen molar-refractivity contribution in [3.8, 4) is 0 Å². The summed E-state index contributed by atoms with van der Waals surface area (Å²) in [6.45, 7) is 4.55. The maximum atomic E-state index is 9.22. The Morgan fingerprint density at radius 3 is 2.67 bits per heavy atom. The predicted molar refractivity (Wildman–Crippen MR) is 61.8 cm³/mol. The lowest BCUT2D eigenvalue weighted by molar-refractivity contribution is 0.263. The van der Waals surface area contributed by atoms with Crippen molar-refractivity contribution >= 4 is 5.69 Å². The summed E-state index contributed by atoms with van der Waals surface area (Å²) in [5, 5.41) is 16.6. The summed E-state index contributed by atoms with van der Waals surface area (Å²) < 4.78 is 1.75. The molecule has 86 valence electrons. The van der Waals surface area contributed by atoms with Crippen LogP contribution in [0, 0.1) is 5.92 Å². The predicted octanol–water partition coefficient (Wildman–Crippen LogP) is 1.63. The van der Waals surface area contributed by atoms with Gasteiger partial charge in [-0.1, -0.05) is 13.8 Å². The normalized spacial score (nSPS) is 13.1. The molecule has 0 unspecified atom stereocenters. The molecule has 0 spiro atoms. The summed E-state index contributed by atoms with van der Waals surface area (Å²) >= 11 is 0. The first-order valence-corrected chi connectivity index (χ1v) is 5.48. The number of aliphatic hydroxyl groups is 1. The van der Waals surface area contributed by atoms with Crippen LogP contribution in [0.2, 0.25) is 0 Å². The van der Waals surface area contributed by atoms with Gasteiger partial charge in [0.25, 0.3) is 0 Å². The Morgan fingerprint density at radius 2 is 2.20 bits per heavy atom. The van der Waals surface area contributed by atoms with Crippen LogP contribution in [0.3, 0.4) is 0 Å². The molecule has 4 nitrogen and oxygen atoms in total. The van der Waals surface area contributed by atoms with E-state index in [0.29, 0.717) is 5.92 Å². The molecule has 0 aliphatic heterocycles. The van der Waals surface area contributed by atoms with Crippen LogP contribution >= 0.6 is 0 Å². The van der Waals surface area contributed by atoms with Crippen LogP contribution < -0.4 is 5.32 Å². The minimum absolute atomic E-state index is 0.136. The van der Waals surface area contributed by atoms with Crippen molar-refractivity contribution in [3.05, 3.63) is 12.4 Å². The summed E-state index contributed by atoms with van der Waals surface area (Å²) in [7, 11) is 1.88. The lowest BCUT2D eigenvalue weighted by Crippen LogP contribution is -2.24. The molecule has 0 saturated carbocycles. The number of hydrogen-bond acceptors (Lipinski definition) is 3. The van der Waals surface area contributed by atoms with E-state index in [-0.39, 0.29) is 12.6 Å². The SMILES string of the molecule is CC(C)CC[C@H](CO)Nc1cnn(C)c1. The second-order valence-corrected chi connectivity index (χ2v) is 4.40. The Morgan fingerprint density at radius 1 is 1.47 bits per heavy atom. The molecule has 1 aromatic rings. The van der Waals surface area contributed by atoms with Gasteiger partial charge in [-0.25, -0.2) is 0 Å². The summed E-state index contributed by atoms with van der Waals surface area (Å²) in [6, 6.07) is 0.136. The highest BCUT2D eigenvalue weighted by atomic mass is 16.3. The first-order chi connectivity index (χ1) is 7.11. The van der Waals surface area contributed by atoms with Crippen molar-refractivity contribution in [2.45, 2.75) is 32.7 Å². The molecular weight excluding hydrogens is 190 g/mol. The van der Waals surface area contributed by atoms with Crippen molar-refractivity contribution in [2.24, 2.45) is 13.0 Å². The van der Waals surface area contributed by atoms with E-state index < -0.39 is 0 Å². The number of hydrogen-bond donors (Lipinski definition) is 2. The van der Waals surface area contributed by atoms with E-state index in [4.69, 9.17) is 0 Å². The van der Waals surface area contributed by atoms with Gasteiger partial charge in [-0.2, -0.15) is 5.10 Å². The standard InChI is InChI=1S/C11H21N3O/c1-9(2)4-5-10(8-15)13-11-6-12-14(3)7-11/h6-7,9-10,13,15H,4-5,8H2,1-3H3/t10-/m1/s1. The maximum absolute atomic E-state index is 9.22. The maximum Gasteiger partial charge on any atom is 0.0729 e. The zero-order valence-corrected chi connectivity index (χ0v) is 9.77. The number of rotatable bonds is 6. The lowest BCUT2D eigenvalue weighted by atomic mass is 10.0. The van der Waals surface area contributed by atoms with E-state index in [1.54, 1.807) is 10.9 Å². The average Bonchev–Trinajstić information content (AvgIpc) is 2.58. The second kappa shape index (κ2) is 5.75. The first-order valence-electron chi connectivity index (χ1n) is 5.48. The van der Waals surface area contributed by atoms with Gasteiger partial charge in [-0.15, -0.1) is 0 Å². The van der Waals surface area contributed by atoms with Crippen molar-refractivity contribution in [2.75, 3.05) is 11.9 Å². The number of aryl methyl sites for hydroxylation is 1. The molecule has 1 aromatic heterocycles. The van der Waals surface area contributed by atoms with Crippen LogP contribution in [0.5, 0.6) is 0 Å². The zero-order chi connectivity index (χ0) is 11.3. The number of nitrogens with zero attached hydrogens (tertiary/aromatic N) is 2. The molecule has 0 radical (unpaired) electrons. The molecule has 2 N–H and O–H groups in total. The topological polar surface area (TPSA) is 50.1 Å². The average molecular weight is 211 g/mol. The van der Waals surface area contributed by atoms with E-state index >= 15 is 0 Å². The fourth-order valence-corrected chi connectivity index (χ4v) is 1.48. The van der Waals surface area contributed by atoms with E-state index in [0.717, 1.165) is 18.5 Å². The Hall–Kier alpha value is -1.03. The molecule has 0 bridgehead atoms. The first kappa shape index (κ1) is 12.0. The fraction of sp³-hybridized carbons (Fsp3) is 0.727. The molecule has 0 aliphatic carbocycles. The van der Waals surface area contributed by atoms with Crippen molar-refractivity contribution in [3.63, 3.8) is 0 Å². The van der Waals surface area contributed by atoms with Gasteiger partial charge in [-0.3, -0.25) is 4.68 Å². The van der Waals surface area contributed by atoms with Crippen LogP contribution in [-0.4, -0.2) is 27.5 Å². The Kier molecular flexibility index (Phi) is 4.62. The third kappa shape index (κ3) is 4.34. The van der Waals surface area contributed by atoms with Crippen LogP contribution in [-0.2, 0) is 7.05 Å². The minimum atomic E-state index is 0.136. The number of aliphatic hydroxyl groups excluding tert-OH is 1. The van der Waals surface area contributed by atoms with Crippen molar-refractivity contribution in [1.29, 1.82) is 0 Å². The van der Waals surface area contributed by atoms with Gasteiger partial charge in [0.1, 0.15) is 0 Å². The highest BCUT2D eigenvalue weighted by Gasteiger charge is 2.08. The van der Waals surface area contributed by atoms with E-state index in [1.807, 2.05) is 13.2 Å². The van der Waals surface area contributed by atoms with Crippen LogP contribution in [0.1, 0.15) is 26.7 Å². The summed E-state index contributed by atoms with van der Waals surface area (Å²) in [6.07, 6.45) is 5.80. The number of aromatic nitrogens is 2. The smallest absolute Gasteiger partial charge is 0.0729 e. The van der Waals surface area contributed by atoms with E-state index in [9.17, 15) is 5.11 Å². The van der Waals surface area contributed by atoms with Gasteiger partial charge in [0.15, 0.2) is 0 Å². The largest absolute Gasteiger partial charge is 0.394 e. The second-order valence-electron chi connectivity index (χ2n) is 4.40. The quantitative estimate of drug-likeness (QED) is 0.752. The van der Waals surface area contributed by atoms with Crippen LogP contribution in [0.4, 0.5) is 5.69 Å². The Bertz CT molecular complexity index is 283. The fourth-order valence-electron chi connectivity index (χ4n) is 1.48. The molecule has 0 amide bonds. The molecule has 0 saturated heterocycles. The minimum Gasteiger partial charge on any atom is -0.394 e. The van der Waals surface area contributed by atoms with Gasteiger partial charge >= 0.3 is 0 Å². The Labute approximate surface area is 91.3 Å². The van der Waals surface area contributed by atoms with Gasteiger partial charge in [-0.05, 0) is 18.8 Å². The molecule has 1 heterocycles. The molecule has 15 heavy (non-hydrogen) atoms. The van der Waals surface area contributed by atoms with E-state index in [1.165, 1.54) is 0 Å². The van der Waals surface area contributed by atoms with Crippen molar-refractivity contribution in [1.82, 2.24) is 9.78 Å². The molecule has 1 rings (SSSR count). The third-order valence-electron chi connectivity index (χ3n) is 2.39. The molecule has 0 fully saturated rings. The highest BCUT2D eigenvalue weighted by Crippen LogP contribution is 2.12. The molecular formula is C11H21N3O. The summed E-state index contributed by atoms with van der Waals surface area (Å²) in [5.74, 6) is 0.676. The third-order valence-corrected chi connectivity index (χ3v) is 2.39. The van der Waals surface area contributed by atoms with Crippen LogP contribution in [0.25, 0.3) is 0 Å². The van der Waals surface area contributed by atoms with Gasteiger partial charge in [0, 0.05) is 19.3 Å². The van der Waals surface area contributed by atoms with E-state index in [2.05, 4.69) is 24.3 Å². The lowest BCUT2D eigenvalue weighted by Gasteiger charge is -2.17. The van der Waals surface area contributed by atoms with Gasteiger partial charge < -0.3 is 10.4 Å². The number of anilines is 1. The summed E-state index contributed by atoms with van der Waals surface area (Å²) in [5.41, 5.74) is 0.973. The van der Waals surface area contributed by atoms with Crippen LogP contribution in [0.15, 0.2) is 12.4 Å². The van der Waals surface area contributed by atoms with Gasteiger partial charge in [0.05, 0.1) is 18.5 Å². The Balaban J connectivity index is 2.39. The zero-order valence-electron chi connectivity index (χ0n) is 9.77. The highest BCUT2D eigenvalue weighted by molar-refractivity contribution is 5.39. The molecule has 0 aromatic carbocycles. The van der Waals surface area contributed by atoms with Crippen molar-refractivity contribution < 1.29 is 5.11 Å². The molecule has 4 heteroatoms.